The number of nitrogens with zero attached hydrogens (tertiary/aromatic N) is 2. The quantitative estimate of drug-likeness (QED) is 0.748. The molecule has 3 heterocycles. The lowest BCUT2D eigenvalue weighted by Gasteiger charge is -2.39. The number of piperidine rings is 1. The number of ether oxygens (including phenoxy) is 2. The van der Waals surface area contributed by atoms with Crippen LogP contribution in [-0.2, 0) is 25.5 Å². The van der Waals surface area contributed by atoms with Gasteiger partial charge in [-0.15, -0.1) is 0 Å². The SMILES string of the molecule is CC1Cc2ccccc2N1C(=O)C1(C(=O)N2CCC3(CC2)OCCO3)CC1. The zero-order chi connectivity index (χ0) is 18.6. The summed E-state index contributed by atoms with van der Waals surface area (Å²) in [5.74, 6) is -0.518. The van der Waals surface area contributed by atoms with E-state index in [4.69, 9.17) is 9.47 Å². The fourth-order valence-corrected chi connectivity index (χ4v) is 4.89. The van der Waals surface area contributed by atoms with Gasteiger partial charge in [0, 0.05) is 37.7 Å². The van der Waals surface area contributed by atoms with E-state index in [1.54, 1.807) is 0 Å². The Kier molecular flexibility index (Phi) is 3.85. The van der Waals surface area contributed by atoms with Crippen LogP contribution in [0.3, 0.4) is 0 Å². The number of amides is 2. The number of likely N-dealkylation sites (tertiary alicyclic amines) is 1. The van der Waals surface area contributed by atoms with E-state index < -0.39 is 11.2 Å². The highest BCUT2D eigenvalue weighted by atomic mass is 16.7. The average molecular weight is 370 g/mol. The first-order chi connectivity index (χ1) is 13.0. The van der Waals surface area contributed by atoms with Crippen LogP contribution < -0.4 is 4.90 Å². The summed E-state index contributed by atoms with van der Waals surface area (Å²) in [4.78, 5) is 30.5. The van der Waals surface area contributed by atoms with Crippen LogP contribution in [0.2, 0.25) is 0 Å². The fraction of sp³-hybridized carbons (Fsp3) is 0.619. The van der Waals surface area contributed by atoms with E-state index in [1.165, 1.54) is 5.56 Å². The third kappa shape index (κ3) is 2.61. The van der Waals surface area contributed by atoms with E-state index in [-0.39, 0.29) is 17.9 Å². The van der Waals surface area contributed by atoms with Crippen molar-refractivity contribution in [1.82, 2.24) is 4.90 Å². The topological polar surface area (TPSA) is 59.1 Å². The molecule has 0 radical (unpaired) electrons. The maximum atomic E-state index is 13.5. The molecule has 1 spiro atoms. The van der Waals surface area contributed by atoms with Gasteiger partial charge in [0.15, 0.2) is 5.79 Å². The van der Waals surface area contributed by atoms with Gasteiger partial charge in [0.05, 0.1) is 13.2 Å². The molecule has 1 aliphatic carbocycles. The molecule has 3 aliphatic heterocycles. The first-order valence-corrected chi connectivity index (χ1v) is 10.0. The van der Waals surface area contributed by atoms with Gasteiger partial charge in [0.25, 0.3) is 0 Å². The van der Waals surface area contributed by atoms with E-state index in [0.29, 0.717) is 52.0 Å². The van der Waals surface area contributed by atoms with Crippen molar-refractivity contribution in [2.24, 2.45) is 5.41 Å². The van der Waals surface area contributed by atoms with Crippen LogP contribution in [0.5, 0.6) is 0 Å². The highest BCUT2D eigenvalue weighted by molar-refractivity contribution is 6.15. The number of carbonyl (C=O) groups is 2. The molecule has 6 heteroatoms. The lowest BCUT2D eigenvalue weighted by atomic mass is 9.98. The second-order valence-corrected chi connectivity index (χ2v) is 8.34. The van der Waals surface area contributed by atoms with Gasteiger partial charge in [-0.25, -0.2) is 0 Å². The van der Waals surface area contributed by atoms with Crippen molar-refractivity contribution in [2.75, 3.05) is 31.2 Å². The Morgan fingerprint density at radius 1 is 1.00 bits per heavy atom. The molecule has 3 fully saturated rings. The Labute approximate surface area is 159 Å². The van der Waals surface area contributed by atoms with E-state index >= 15 is 0 Å². The predicted octanol–water partition coefficient (Wildman–Crippen LogP) is 2.11. The number of carbonyl (C=O) groups excluding carboxylic acids is 2. The largest absolute Gasteiger partial charge is 0.347 e. The predicted molar refractivity (Wildman–Crippen MR) is 99.2 cm³/mol. The smallest absolute Gasteiger partial charge is 0.242 e. The average Bonchev–Trinajstić information content (AvgIpc) is 3.26. The van der Waals surface area contributed by atoms with Gasteiger partial charge in [0.2, 0.25) is 11.8 Å². The Hall–Kier alpha value is -1.92. The number of anilines is 1. The summed E-state index contributed by atoms with van der Waals surface area (Å²) in [6, 6.07) is 8.15. The summed E-state index contributed by atoms with van der Waals surface area (Å²) in [5, 5.41) is 0. The van der Waals surface area contributed by atoms with Gasteiger partial charge in [-0.3, -0.25) is 9.59 Å². The van der Waals surface area contributed by atoms with E-state index in [0.717, 1.165) is 12.1 Å². The van der Waals surface area contributed by atoms with Crippen LogP contribution in [0.1, 0.15) is 38.2 Å². The van der Waals surface area contributed by atoms with Crippen LogP contribution >= 0.6 is 0 Å². The van der Waals surface area contributed by atoms with Crippen molar-refractivity contribution < 1.29 is 19.1 Å². The summed E-state index contributed by atoms with van der Waals surface area (Å²) < 4.78 is 11.5. The molecule has 1 aromatic rings. The maximum absolute atomic E-state index is 13.5. The number of para-hydroxylation sites is 1. The molecule has 6 nitrogen and oxygen atoms in total. The van der Waals surface area contributed by atoms with Crippen molar-refractivity contribution in [3.63, 3.8) is 0 Å². The minimum Gasteiger partial charge on any atom is -0.347 e. The molecule has 1 atom stereocenters. The molecule has 27 heavy (non-hydrogen) atoms. The van der Waals surface area contributed by atoms with Gasteiger partial charge < -0.3 is 19.3 Å². The minimum atomic E-state index is -0.854. The summed E-state index contributed by atoms with van der Waals surface area (Å²) in [6.07, 6.45) is 3.54. The Balaban J connectivity index is 1.33. The van der Waals surface area contributed by atoms with Crippen molar-refractivity contribution in [1.29, 1.82) is 0 Å². The number of fused-ring (bicyclic) bond motifs is 1. The van der Waals surface area contributed by atoms with Crippen LogP contribution in [0.15, 0.2) is 24.3 Å². The molecule has 4 aliphatic rings. The molecule has 5 rings (SSSR count). The lowest BCUT2D eigenvalue weighted by Crippen LogP contribution is -2.53. The standard InChI is InChI=1S/C21H26N2O4/c1-15-14-16-4-2-3-5-17(16)23(15)19(25)20(6-7-20)18(24)22-10-8-21(9-11-22)26-12-13-27-21/h2-5,15H,6-14H2,1H3. The van der Waals surface area contributed by atoms with E-state index in [1.807, 2.05) is 28.0 Å². The monoisotopic (exact) mass is 370 g/mol. The minimum absolute atomic E-state index is 0.00284. The molecule has 2 saturated heterocycles. The third-order valence-electron chi connectivity index (χ3n) is 6.62. The Morgan fingerprint density at radius 3 is 2.33 bits per heavy atom. The van der Waals surface area contributed by atoms with Gasteiger partial charge in [-0.2, -0.15) is 0 Å². The molecular formula is C21H26N2O4. The van der Waals surface area contributed by atoms with Crippen LogP contribution in [0.4, 0.5) is 5.69 Å². The molecule has 2 amide bonds. The normalized spacial score (nSPS) is 27.7. The van der Waals surface area contributed by atoms with Crippen molar-refractivity contribution in [2.45, 2.75) is 50.9 Å². The number of hydrogen-bond donors (Lipinski definition) is 0. The van der Waals surface area contributed by atoms with Crippen LogP contribution in [0.25, 0.3) is 0 Å². The zero-order valence-corrected chi connectivity index (χ0v) is 15.8. The number of rotatable bonds is 2. The molecule has 0 aromatic heterocycles. The first-order valence-electron chi connectivity index (χ1n) is 10.0. The molecular weight excluding hydrogens is 344 g/mol. The van der Waals surface area contributed by atoms with Crippen LogP contribution in [0, 0.1) is 5.41 Å². The molecule has 0 N–H and O–H groups in total. The summed E-state index contributed by atoms with van der Waals surface area (Å²) in [6.45, 7) is 4.52. The number of hydrogen-bond acceptors (Lipinski definition) is 4. The summed E-state index contributed by atoms with van der Waals surface area (Å²) in [7, 11) is 0. The second-order valence-electron chi connectivity index (χ2n) is 8.34. The fourth-order valence-electron chi connectivity index (χ4n) is 4.89. The highest BCUT2D eigenvalue weighted by Gasteiger charge is 2.61. The van der Waals surface area contributed by atoms with Crippen molar-refractivity contribution >= 4 is 17.5 Å². The third-order valence-corrected chi connectivity index (χ3v) is 6.62. The van der Waals surface area contributed by atoms with Gasteiger partial charge >= 0.3 is 0 Å². The van der Waals surface area contributed by atoms with Crippen LogP contribution in [-0.4, -0.2) is 54.8 Å². The second kappa shape index (κ2) is 6.04. The maximum Gasteiger partial charge on any atom is 0.242 e. The van der Waals surface area contributed by atoms with Gasteiger partial charge in [-0.1, -0.05) is 18.2 Å². The summed E-state index contributed by atoms with van der Waals surface area (Å²) in [5.41, 5.74) is 1.31. The van der Waals surface area contributed by atoms with Gasteiger partial charge in [-0.05, 0) is 37.8 Å². The first kappa shape index (κ1) is 17.2. The van der Waals surface area contributed by atoms with Gasteiger partial charge in [0.1, 0.15) is 5.41 Å². The molecule has 144 valence electrons. The number of benzene rings is 1. The van der Waals surface area contributed by atoms with Crippen molar-refractivity contribution in [3.05, 3.63) is 29.8 Å². The zero-order valence-electron chi connectivity index (χ0n) is 15.8. The lowest BCUT2D eigenvalue weighted by molar-refractivity contribution is -0.188. The molecule has 0 bridgehead atoms. The molecule has 1 saturated carbocycles. The molecule has 1 aromatic carbocycles. The Bertz CT molecular complexity index is 772. The van der Waals surface area contributed by atoms with Crippen molar-refractivity contribution in [3.8, 4) is 0 Å². The Morgan fingerprint density at radius 2 is 1.67 bits per heavy atom. The van der Waals surface area contributed by atoms with E-state index in [9.17, 15) is 9.59 Å². The highest BCUT2D eigenvalue weighted by Crippen LogP contribution is 2.51. The summed E-state index contributed by atoms with van der Waals surface area (Å²) >= 11 is 0. The molecule has 1 unspecified atom stereocenters. The van der Waals surface area contributed by atoms with E-state index in [2.05, 4.69) is 13.0 Å².